The lowest BCUT2D eigenvalue weighted by molar-refractivity contribution is 0.627. The van der Waals surface area contributed by atoms with Crippen LogP contribution in [0.1, 0.15) is 24.8 Å². The van der Waals surface area contributed by atoms with Gasteiger partial charge in [0.05, 0.1) is 0 Å². The molecule has 0 saturated heterocycles. The number of hydrogen-bond acceptors (Lipinski definition) is 1. The minimum atomic E-state index is -0.195. The van der Waals surface area contributed by atoms with Gasteiger partial charge in [0.2, 0.25) is 0 Å². The van der Waals surface area contributed by atoms with Crippen LogP contribution in [0.3, 0.4) is 0 Å². The van der Waals surface area contributed by atoms with Gasteiger partial charge in [-0.1, -0.05) is 24.3 Å². The van der Waals surface area contributed by atoms with Crippen LogP contribution >= 0.6 is 0 Å². The summed E-state index contributed by atoms with van der Waals surface area (Å²) in [6.07, 6.45) is 7.23. The predicted molar refractivity (Wildman–Crippen MR) is 56.2 cm³/mol. The number of benzene rings is 1. The third-order valence-corrected chi connectivity index (χ3v) is 2.60. The van der Waals surface area contributed by atoms with Gasteiger partial charge in [0.25, 0.3) is 0 Å². The van der Waals surface area contributed by atoms with Crippen molar-refractivity contribution in [2.45, 2.75) is 24.8 Å². The smallest absolute Gasteiger partial charge is 0.123 e. The van der Waals surface area contributed by atoms with E-state index in [1.54, 1.807) is 12.1 Å². The van der Waals surface area contributed by atoms with Gasteiger partial charge in [-0.15, -0.1) is 0 Å². The number of hydrogen-bond donors (Lipinski definition) is 1. The summed E-state index contributed by atoms with van der Waals surface area (Å²) < 4.78 is 12.6. The fourth-order valence-electron chi connectivity index (χ4n) is 1.37. The van der Waals surface area contributed by atoms with Crippen LogP contribution in [0.15, 0.2) is 30.3 Å². The van der Waals surface area contributed by atoms with Crippen LogP contribution < -0.4 is 5.73 Å². The summed E-state index contributed by atoms with van der Waals surface area (Å²) in [5.41, 5.74) is 7.01. The molecule has 1 fully saturated rings. The van der Waals surface area contributed by atoms with Gasteiger partial charge in [-0.25, -0.2) is 4.39 Å². The highest BCUT2D eigenvalue weighted by molar-refractivity contribution is 5.49. The maximum Gasteiger partial charge on any atom is 0.123 e. The quantitative estimate of drug-likeness (QED) is 0.781. The largest absolute Gasteiger partial charge is 0.325 e. The van der Waals surface area contributed by atoms with E-state index in [-0.39, 0.29) is 11.4 Å². The minimum absolute atomic E-state index is 0.0660. The molecule has 1 aromatic rings. The molecule has 2 heteroatoms. The molecule has 0 aliphatic heterocycles. The molecule has 1 aliphatic rings. The molecule has 0 atom stereocenters. The van der Waals surface area contributed by atoms with Crippen molar-refractivity contribution in [3.63, 3.8) is 0 Å². The maximum absolute atomic E-state index is 12.6. The second-order valence-corrected chi connectivity index (χ2v) is 4.02. The van der Waals surface area contributed by atoms with E-state index in [1.165, 1.54) is 12.1 Å². The average molecular weight is 191 g/mol. The first-order valence-corrected chi connectivity index (χ1v) is 4.89. The molecule has 0 bridgehead atoms. The summed E-state index contributed by atoms with van der Waals surface area (Å²) in [5.74, 6) is -0.195. The molecule has 1 saturated carbocycles. The number of halogens is 1. The molecule has 0 heterocycles. The molecule has 1 nitrogen and oxygen atoms in total. The molecular weight excluding hydrogens is 177 g/mol. The molecule has 0 aromatic heterocycles. The van der Waals surface area contributed by atoms with Crippen LogP contribution in [0.25, 0.3) is 6.08 Å². The monoisotopic (exact) mass is 191 g/mol. The molecule has 0 unspecified atom stereocenters. The summed E-state index contributed by atoms with van der Waals surface area (Å²) in [5, 5.41) is 0. The van der Waals surface area contributed by atoms with Crippen molar-refractivity contribution in [3.8, 4) is 0 Å². The molecule has 0 radical (unpaired) electrons. The van der Waals surface area contributed by atoms with Crippen LogP contribution in [0.4, 0.5) is 4.39 Å². The fraction of sp³-hybridized carbons (Fsp3) is 0.333. The van der Waals surface area contributed by atoms with Gasteiger partial charge < -0.3 is 5.73 Å². The Hall–Kier alpha value is -1.15. The average Bonchev–Trinajstić information content (AvgIpc) is 2.88. The minimum Gasteiger partial charge on any atom is -0.325 e. The van der Waals surface area contributed by atoms with E-state index in [1.807, 2.05) is 6.08 Å². The van der Waals surface area contributed by atoms with Crippen molar-refractivity contribution in [3.05, 3.63) is 41.7 Å². The zero-order chi connectivity index (χ0) is 10.0. The van der Waals surface area contributed by atoms with E-state index in [0.29, 0.717) is 0 Å². The van der Waals surface area contributed by atoms with Crippen molar-refractivity contribution >= 4 is 6.08 Å². The van der Waals surface area contributed by atoms with Gasteiger partial charge in [0.1, 0.15) is 5.82 Å². The Morgan fingerprint density at radius 2 is 1.93 bits per heavy atom. The second kappa shape index (κ2) is 3.54. The SMILES string of the molecule is NC1(C/C=C/c2ccc(F)cc2)CC1. The first kappa shape index (κ1) is 9.41. The molecule has 0 amide bonds. The van der Waals surface area contributed by atoms with Crippen LogP contribution in [0.5, 0.6) is 0 Å². The first-order chi connectivity index (χ1) is 6.68. The molecular formula is C12H14FN. The van der Waals surface area contributed by atoms with Crippen molar-refractivity contribution in [1.82, 2.24) is 0 Å². The van der Waals surface area contributed by atoms with Crippen molar-refractivity contribution in [2.75, 3.05) is 0 Å². The summed E-state index contributed by atoms with van der Waals surface area (Å²) >= 11 is 0. The van der Waals surface area contributed by atoms with E-state index < -0.39 is 0 Å². The normalized spacial score (nSPS) is 18.7. The number of rotatable bonds is 3. The van der Waals surface area contributed by atoms with Crippen molar-refractivity contribution < 1.29 is 4.39 Å². The zero-order valence-electron chi connectivity index (χ0n) is 8.04. The van der Waals surface area contributed by atoms with Crippen LogP contribution in [-0.4, -0.2) is 5.54 Å². The Balaban J connectivity index is 1.93. The standard InChI is InChI=1S/C12H14FN/c13-11-5-3-10(4-6-11)2-1-7-12(14)8-9-12/h1-6H,7-9,14H2/b2-1+. The van der Waals surface area contributed by atoms with E-state index in [9.17, 15) is 4.39 Å². The Morgan fingerprint density at radius 1 is 1.29 bits per heavy atom. The third-order valence-electron chi connectivity index (χ3n) is 2.60. The molecule has 2 N–H and O–H groups in total. The topological polar surface area (TPSA) is 26.0 Å². The lowest BCUT2D eigenvalue weighted by atomic mass is 10.1. The Kier molecular flexibility index (Phi) is 2.38. The van der Waals surface area contributed by atoms with Crippen molar-refractivity contribution in [1.29, 1.82) is 0 Å². The highest BCUT2D eigenvalue weighted by Crippen LogP contribution is 2.35. The Morgan fingerprint density at radius 3 is 2.50 bits per heavy atom. The second-order valence-electron chi connectivity index (χ2n) is 4.02. The Bertz CT molecular complexity index is 336. The third kappa shape index (κ3) is 2.42. The lowest BCUT2D eigenvalue weighted by Gasteiger charge is -2.01. The van der Waals surface area contributed by atoms with Crippen LogP contribution in [0.2, 0.25) is 0 Å². The molecule has 0 spiro atoms. The highest BCUT2D eigenvalue weighted by atomic mass is 19.1. The molecule has 1 aliphatic carbocycles. The van der Waals surface area contributed by atoms with E-state index in [4.69, 9.17) is 5.73 Å². The fourth-order valence-corrected chi connectivity index (χ4v) is 1.37. The maximum atomic E-state index is 12.6. The van der Waals surface area contributed by atoms with Gasteiger partial charge in [-0.05, 0) is 37.0 Å². The van der Waals surface area contributed by atoms with Crippen LogP contribution in [-0.2, 0) is 0 Å². The van der Waals surface area contributed by atoms with Gasteiger partial charge >= 0.3 is 0 Å². The first-order valence-electron chi connectivity index (χ1n) is 4.89. The molecule has 2 rings (SSSR count). The summed E-state index contributed by atoms with van der Waals surface area (Å²) in [4.78, 5) is 0. The zero-order valence-corrected chi connectivity index (χ0v) is 8.04. The summed E-state index contributed by atoms with van der Waals surface area (Å²) in [6, 6.07) is 6.47. The van der Waals surface area contributed by atoms with E-state index in [0.717, 1.165) is 24.8 Å². The Labute approximate surface area is 83.4 Å². The molecule has 14 heavy (non-hydrogen) atoms. The van der Waals surface area contributed by atoms with Gasteiger partial charge in [-0.2, -0.15) is 0 Å². The summed E-state index contributed by atoms with van der Waals surface area (Å²) in [7, 11) is 0. The lowest BCUT2D eigenvalue weighted by Crippen LogP contribution is -2.19. The number of nitrogens with two attached hydrogens (primary N) is 1. The van der Waals surface area contributed by atoms with Crippen LogP contribution in [0, 0.1) is 5.82 Å². The molecule has 1 aromatic carbocycles. The highest BCUT2D eigenvalue weighted by Gasteiger charge is 2.36. The van der Waals surface area contributed by atoms with Gasteiger partial charge in [-0.3, -0.25) is 0 Å². The van der Waals surface area contributed by atoms with E-state index in [2.05, 4.69) is 6.08 Å². The summed E-state index contributed by atoms with van der Waals surface area (Å²) in [6.45, 7) is 0. The van der Waals surface area contributed by atoms with Gasteiger partial charge in [0.15, 0.2) is 0 Å². The van der Waals surface area contributed by atoms with E-state index >= 15 is 0 Å². The predicted octanol–water partition coefficient (Wildman–Crippen LogP) is 2.72. The van der Waals surface area contributed by atoms with Gasteiger partial charge in [0, 0.05) is 5.54 Å². The van der Waals surface area contributed by atoms with Crippen molar-refractivity contribution in [2.24, 2.45) is 5.73 Å². The molecule has 74 valence electrons.